The minimum Gasteiger partial charge on any atom is -0.399 e. The highest BCUT2D eigenvalue weighted by Gasteiger charge is 2.51. The van der Waals surface area contributed by atoms with Gasteiger partial charge in [-0.1, -0.05) is 17.3 Å². The summed E-state index contributed by atoms with van der Waals surface area (Å²) in [6.07, 6.45) is 2.04. The summed E-state index contributed by atoms with van der Waals surface area (Å²) >= 11 is 1.87. The maximum absolute atomic E-state index is 5.76. The third-order valence-electron chi connectivity index (χ3n) is 4.17. The van der Waals surface area contributed by atoms with Crippen molar-refractivity contribution in [2.24, 2.45) is 0 Å². The van der Waals surface area contributed by atoms with Gasteiger partial charge in [-0.25, -0.2) is 0 Å². The molecular weight excluding hydrogens is 286 g/mol. The number of anilines is 1. The fourth-order valence-corrected chi connectivity index (χ4v) is 3.59. The highest BCUT2D eigenvalue weighted by Crippen LogP contribution is 2.53. The molecule has 0 spiro atoms. The fraction of sp³-hybridized carbons (Fsp3) is 0.467. The smallest absolute Gasteiger partial charge is 0.237 e. The van der Waals surface area contributed by atoms with E-state index in [9.17, 15) is 0 Å². The first-order valence-electron chi connectivity index (χ1n) is 7.17. The van der Waals surface area contributed by atoms with E-state index in [1.807, 2.05) is 23.9 Å². The van der Waals surface area contributed by atoms with Crippen LogP contribution in [0.4, 0.5) is 5.69 Å². The van der Waals surface area contributed by atoms with Gasteiger partial charge in [0.05, 0.1) is 12.0 Å². The summed E-state index contributed by atoms with van der Waals surface area (Å²) in [6, 6.07) is 7.96. The van der Waals surface area contributed by atoms with Crippen molar-refractivity contribution in [2.45, 2.75) is 24.4 Å². The maximum atomic E-state index is 5.76. The number of nitrogens with zero attached hydrogens (tertiary/aromatic N) is 2. The van der Waals surface area contributed by atoms with Crippen molar-refractivity contribution in [2.75, 3.05) is 23.8 Å². The van der Waals surface area contributed by atoms with Crippen molar-refractivity contribution in [3.05, 3.63) is 41.5 Å². The molecule has 2 aliphatic rings. The number of thioether (sulfide) groups is 1. The Morgan fingerprint density at radius 1 is 1.24 bits per heavy atom. The summed E-state index contributed by atoms with van der Waals surface area (Å²) in [7, 11) is 0. The molecule has 2 heterocycles. The fourth-order valence-electron chi connectivity index (χ4n) is 2.75. The van der Waals surface area contributed by atoms with Gasteiger partial charge >= 0.3 is 0 Å². The number of ether oxygens (including phenoxy) is 1. The zero-order valence-electron chi connectivity index (χ0n) is 11.6. The Hall–Kier alpha value is -1.53. The molecule has 2 N–H and O–H groups in total. The largest absolute Gasteiger partial charge is 0.399 e. The molecule has 2 aromatic rings. The first kappa shape index (κ1) is 13.2. The van der Waals surface area contributed by atoms with Gasteiger partial charge in [0.25, 0.3) is 0 Å². The second-order valence-electron chi connectivity index (χ2n) is 5.60. The molecule has 1 saturated heterocycles. The Morgan fingerprint density at radius 3 is 2.71 bits per heavy atom. The molecule has 1 saturated carbocycles. The van der Waals surface area contributed by atoms with Gasteiger partial charge in [-0.15, -0.1) is 0 Å². The molecule has 110 valence electrons. The van der Waals surface area contributed by atoms with E-state index in [4.69, 9.17) is 15.0 Å². The molecule has 6 heteroatoms. The molecule has 21 heavy (non-hydrogen) atoms. The molecule has 1 atom stereocenters. The van der Waals surface area contributed by atoms with Crippen LogP contribution in [0.1, 0.15) is 36.2 Å². The first-order chi connectivity index (χ1) is 10.3. The predicted octanol–water partition coefficient (Wildman–Crippen LogP) is 2.54. The lowest BCUT2D eigenvalue weighted by Crippen LogP contribution is -2.17. The number of benzene rings is 1. The Labute approximate surface area is 127 Å². The molecule has 1 aromatic heterocycles. The molecule has 1 unspecified atom stereocenters. The second kappa shape index (κ2) is 5.03. The molecule has 5 nitrogen and oxygen atoms in total. The number of aromatic nitrogens is 2. The predicted molar refractivity (Wildman–Crippen MR) is 81.2 cm³/mol. The van der Waals surface area contributed by atoms with Crippen molar-refractivity contribution in [1.29, 1.82) is 0 Å². The van der Waals surface area contributed by atoms with Gasteiger partial charge in [-0.3, -0.25) is 0 Å². The van der Waals surface area contributed by atoms with E-state index >= 15 is 0 Å². The van der Waals surface area contributed by atoms with E-state index < -0.39 is 0 Å². The normalized spacial score (nSPS) is 23.9. The van der Waals surface area contributed by atoms with Gasteiger partial charge in [-0.2, -0.15) is 16.7 Å². The van der Waals surface area contributed by atoms with Crippen LogP contribution >= 0.6 is 11.8 Å². The van der Waals surface area contributed by atoms with Gasteiger partial charge in [-0.05, 0) is 30.5 Å². The topological polar surface area (TPSA) is 74.2 Å². The highest BCUT2D eigenvalue weighted by atomic mass is 32.2. The van der Waals surface area contributed by atoms with E-state index in [1.54, 1.807) is 0 Å². The average molecular weight is 303 g/mol. The first-order valence-corrected chi connectivity index (χ1v) is 8.33. The van der Waals surface area contributed by atoms with Crippen molar-refractivity contribution >= 4 is 17.4 Å². The summed E-state index contributed by atoms with van der Waals surface area (Å²) in [4.78, 5) is 4.62. The molecule has 0 amide bonds. The minimum atomic E-state index is -0.110. The van der Waals surface area contributed by atoms with Gasteiger partial charge in [0.15, 0.2) is 0 Å². The summed E-state index contributed by atoms with van der Waals surface area (Å²) < 4.78 is 11.3. The van der Waals surface area contributed by atoms with E-state index in [0.717, 1.165) is 36.6 Å². The highest BCUT2D eigenvalue weighted by molar-refractivity contribution is 7.99. The zero-order chi connectivity index (χ0) is 14.3. The molecule has 1 aliphatic carbocycles. The van der Waals surface area contributed by atoms with Crippen LogP contribution in [0.2, 0.25) is 0 Å². The number of hydrogen-bond donors (Lipinski definition) is 1. The third-order valence-corrected chi connectivity index (χ3v) is 5.16. The van der Waals surface area contributed by atoms with E-state index in [0.29, 0.717) is 11.7 Å². The van der Waals surface area contributed by atoms with Crippen molar-refractivity contribution in [3.8, 4) is 0 Å². The van der Waals surface area contributed by atoms with Gasteiger partial charge in [0, 0.05) is 17.2 Å². The Bertz CT molecular complexity index is 631. The number of hydrogen-bond acceptors (Lipinski definition) is 6. The van der Waals surface area contributed by atoms with Crippen LogP contribution in [0.15, 0.2) is 28.8 Å². The van der Waals surface area contributed by atoms with Crippen LogP contribution in [-0.2, 0) is 10.2 Å². The standard InChI is InChI=1S/C15H17N3O2S/c16-11-3-1-10(2-4-11)15(5-6-15)14-17-13(18-20-14)12-9-21-8-7-19-12/h1-4,12H,5-9,16H2. The maximum Gasteiger partial charge on any atom is 0.237 e. The van der Waals surface area contributed by atoms with Crippen LogP contribution in [0.25, 0.3) is 0 Å². The molecule has 0 radical (unpaired) electrons. The molecule has 0 bridgehead atoms. The van der Waals surface area contributed by atoms with Crippen LogP contribution < -0.4 is 5.73 Å². The minimum absolute atomic E-state index is 0.0385. The van der Waals surface area contributed by atoms with E-state index in [1.165, 1.54) is 5.56 Å². The molecular formula is C15H17N3O2S. The van der Waals surface area contributed by atoms with E-state index in [-0.39, 0.29) is 11.5 Å². The molecule has 4 rings (SSSR count). The average Bonchev–Trinajstić information content (AvgIpc) is 3.19. The van der Waals surface area contributed by atoms with Crippen molar-refractivity contribution < 1.29 is 9.26 Å². The molecule has 1 aliphatic heterocycles. The Balaban J connectivity index is 1.61. The number of nitrogens with two attached hydrogens (primary N) is 1. The van der Waals surface area contributed by atoms with Gasteiger partial charge in [0.1, 0.15) is 6.10 Å². The SMILES string of the molecule is Nc1ccc(C2(c3nc(C4CSCCO4)no3)CC2)cc1. The van der Waals surface area contributed by atoms with Gasteiger partial charge in [0.2, 0.25) is 11.7 Å². The van der Waals surface area contributed by atoms with Crippen LogP contribution in [0.5, 0.6) is 0 Å². The molecule has 1 aromatic carbocycles. The zero-order valence-corrected chi connectivity index (χ0v) is 12.4. The van der Waals surface area contributed by atoms with Crippen LogP contribution in [0, 0.1) is 0 Å². The lowest BCUT2D eigenvalue weighted by atomic mass is 9.96. The molecule has 2 fully saturated rings. The monoisotopic (exact) mass is 303 g/mol. The summed E-state index contributed by atoms with van der Waals surface area (Å²) in [5.74, 6) is 3.32. The summed E-state index contributed by atoms with van der Waals surface area (Å²) in [5.41, 5.74) is 7.62. The number of nitrogen functional groups attached to an aromatic ring is 1. The van der Waals surface area contributed by atoms with Crippen molar-refractivity contribution in [3.63, 3.8) is 0 Å². The lowest BCUT2D eigenvalue weighted by Gasteiger charge is -2.18. The van der Waals surface area contributed by atoms with Crippen molar-refractivity contribution in [1.82, 2.24) is 10.1 Å². The number of rotatable bonds is 3. The lowest BCUT2D eigenvalue weighted by molar-refractivity contribution is 0.0677. The van der Waals surface area contributed by atoms with E-state index in [2.05, 4.69) is 22.3 Å². The third kappa shape index (κ3) is 2.32. The Kier molecular flexibility index (Phi) is 3.15. The summed E-state index contributed by atoms with van der Waals surface area (Å²) in [6.45, 7) is 0.752. The second-order valence-corrected chi connectivity index (χ2v) is 6.75. The summed E-state index contributed by atoms with van der Waals surface area (Å²) in [5, 5.41) is 4.14. The quantitative estimate of drug-likeness (QED) is 0.878. The van der Waals surface area contributed by atoms with Crippen LogP contribution in [0.3, 0.4) is 0 Å². The van der Waals surface area contributed by atoms with Crippen LogP contribution in [-0.4, -0.2) is 28.3 Å². The Morgan fingerprint density at radius 2 is 2.05 bits per heavy atom. The van der Waals surface area contributed by atoms with Gasteiger partial charge < -0.3 is 15.0 Å².